The maximum Gasteiger partial charge on any atom is 0.338 e. The van der Waals surface area contributed by atoms with Crippen molar-refractivity contribution in [3.8, 4) is 0 Å². The molecule has 10 N–H and O–H groups in total. The van der Waals surface area contributed by atoms with Crippen LogP contribution in [0.4, 0.5) is 0 Å². The van der Waals surface area contributed by atoms with Crippen molar-refractivity contribution in [1.29, 1.82) is 0 Å². The van der Waals surface area contributed by atoms with Gasteiger partial charge in [0, 0.05) is 0 Å². The lowest BCUT2D eigenvalue weighted by Gasteiger charge is -2.71. The summed E-state index contributed by atoms with van der Waals surface area (Å²) >= 11 is 0. The molecule has 4 saturated carbocycles. The van der Waals surface area contributed by atoms with E-state index in [2.05, 4.69) is 54.5 Å². The number of aliphatic hydroxyl groups excluding tert-OH is 9. The Bertz CT molecular complexity index is 1940. The van der Waals surface area contributed by atoms with Gasteiger partial charge in [0.1, 0.15) is 67.1 Å². The van der Waals surface area contributed by atoms with Crippen LogP contribution in [-0.4, -0.2) is 181 Å². The van der Waals surface area contributed by atoms with Crippen molar-refractivity contribution in [2.45, 2.75) is 231 Å². The predicted molar refractivity (Wildman–Crippen MR) is 249 cm³/mol. The van der Waals surface area contributed by atoms with E-state index in [0.717, 1.165) is 44.9 Å². The molecule has 406 valence electrons. The van der Waals surface area contributed by atoms with E-state index in [9.17, 15) is 60.7 Å². The first kappa shape index (κ1) is 55.3. The number of hydrogen-bond donors (Lipinski definition) is 10. The molecule has 3 aliphatic heterocycles. The average Bonchev–Trinajstić information content (AvgIpc) is 3.31. The summed E-state index contributed by atoms with van der Waals surface area (Å²) in [5, 5.41) is 108. The molecule has 0 unspecified atom stereocenters. The molecule has 8 rings (SSSR count). The highest BCUT2D eigenvalue weighted by molar-refractivity contribution is 5.77. The van der Waals surface area contributed by atoms with E-state index < -0.39 is 134 Å². The average molecular weight is 1010 g/mol. The topological polar surface area (TPSA) is 301 Å². The minimum absolute atomic E-state index is 0.0126. The van der Waals surface area contributed by atoms with Crippen LogP contribution in [0, 0.1) is 50.2 Å². The number of rotatable bonds is 13. The number of carboxylic acid groups (broad SMARTS) is 1. The molecule has 23 atom stereocenters. The zero-order chi connectivity index (χ0) is 52.0. The van der Waals surface area contributed by atoms with Crippen LogP contribution in [0.25, 0.3) is 0 Å². The van der Waals surface area contributed by atoms with Gasteiger partial charge in [0.15, 0.2) is 25.0 Å². The van der Waals surface area contributed by atoms with Crippen molar-refractivity contribution in [3.63, 3.8) is 0 Å². The van der Waals surface area contributed by atoms with Crippen LogP contribution in [0.3, 0.4) is 0 Å². The predicted octanol–water partition coefficient (Wildman–Crippen LogP) is 2.06. The summed E-state index contributed by atoms with van der Waals surface area (Å²) in [6, 6.07) is 0. The zero-order valence-electron chi connectivity index (χ0n) is 42.8. The highest BCUT2D eigenvalue weighted by Gasteiger charge is 2.70. The molecule has 3 heterocycles. The van der Waals surface area contributed by atoms with Crippen LogP contribution in [0.2, 0.25) is 0 Å². The number of carboxylic acids is 1. The van der Waals surface area contributed by atoms with E-state index in [1.807, 2.05) is 6.92 Å². The third-order valence-electron chi connectivity index (χ3n) is 20.1. The van der Waals surface area contributed by atoms with E-state index in [-0.39, 0.29) is 46.0 Å². The van der Waals surface area contributed by atoms with Gasteiger partial charge in [-0.15, -0.1) is 0 Å². The van der Waals surface area contributed by atoms with Crippen molar-refractivity contribution >= 4 is 11.9 Å². The van der Waals surface area contributed by atoms with Gasteiger partial charge in [-0.25, -0.2) is 4.79 Å². The molecule has 8 aliphatic rings. The lowest BCUT2D eigenvalue weighted by atomic mass is 9.33. The third-order valence-corrected chi connectivity index (χ3v) is 20.1. The van der Waals surface area contributed by atoms with E-state index in [1.165, 1.54) is 5.57 Å². The number of aliphatic carboxylic acids is 1. The second-order valence-electron chi connectivity index (χ2n) is 24.7. The summed E-state index contributed by atoms with van der Waals surface area (Å²) in [6.45, 7) is 16.4. The van der Waals surface area contributed by atoms with Crippen LogP contribution < -0.4 is 0 Å². The largest absolute Gasteiger partial charge is 0.481 e. The monoisotopic (exact) mass is 1010 g/mol. The minimum Gasteiger partial charge on any atom is -0.481 e. The molecule has 0 aromatic carbocycles. The van der Waals surface area contributed by atoms with E-state index in [0.29, 0.717) is 32.1 Å². The Morgan fingerprint density at radius 1 is 0.662 bits per heavy atom. The Hall–Kier alpha value is -1.92. The van der Waals surface area contributed by atoms with Gasteiger partial charge in [0.2, 0.25) is 0 Å². The molecule has 0 bridgehead atoms. The number of esters is 1. The maximum absolute atomic E-state index is 13.9. The van der Waals surface area contributed by atoms with Crippen molar-refractivity contribution in [2.75, 3.05) is 19.8 Å². The quantitative estimate of drug-likeness (QED) is 0.0547. The summed E-state index contributed by atoms with van der Waals surface area (Å²) in [4.78, 5) is 27.1. The third kappa shape index (κ3) is 9.17. The Morgan fingerprint density at radius 2 is 1.25 bits per heavy atom. The molecule has 5 aliphatic carbocycles. The number of hydrogen-bond acceptors (Lipinski definition) is 18. The molecule has 19 heteroatoms. The summed E-state index contributed by atoms with van der Waals surface area (Å²) in [5.74, 6) is -1.35. The standard InChI is InChI=1S/C52H84O19/c1-9-10-21-65-42(62)40-38(61)39(69-43-36(59)34(57)32(55)27(23-53)66-43)41(71-44-37(60)35(58)33(56)28(24-54)67-44)45(70-40)68-31-14-15-49(6)29(48(31,4)5)13-16-51(8)30(49)12-11-25-26-22-47(2,3)17-19-52(26,46(63)64)20-18-50(25,51)7/h11,26-41,43-45,53-61H,9-10,12-24H2,1-8H3,(H,63,64)/t26-,27+,28+,29-,30+,31-,32-,33+,34-,35-,36+,37+,38-,39-,40-,41+,43-,44-,45+,49-,50+,51+,52-/m0/s1. The fourth-order valence-electron chi connectivity index (χ4n) is 15.5. The van der Waals surface area contributed by atoms with Crippen molar-refractivity contribution in [2.24, 2.45) is 50.2 Å². The van der Waals surface area contributed by atoms with Crippen LogP contribution in [-0.2, 0) is 42.7 Å². The van der Waals surface area contributed by atoms with Crippen LogP contribution in [0.15, 0.2) is 11.6 Å². The van der Waals surface area contributed by atoms with Crippen molar-refractivity contribution < 1.29 is 93.8 Å². The second kappa shape index (κ2) is 20.2. The molecule has 3 saturated heterocycles. The minimum atomic E-state index is -1.99. The number of carbonyl (C=O) groups is 2. The first-order valence-electron chi connectivity index (χ1n) is 26.3. The molecule has 0 aromatic rings. The highest BCUT2D eigenvalue weighted by Crippen LogP contribution is 2.76. The summed E-state index contributed by atoms with van der Waals surface area (Å²) in [5.41, 5.74) is -0.532. The zero-order valence-corrected chi connectivity index (χ0v) is 42.8. The van der Waals surface area contributed by atoms with Crippen molar-refractivity contribution in [1.82, 2.24) is 0 Å². The van der Waals surface area contributed by atoms with Gasteiger partial charge in [0.25, 0.3) is 0 Å². The Balaban J connectivity index is 1.13. The SMILES string of the molecule is CCCCOC(=O)[C@H]1O[C@@H](O[C@H]2CC[C@]3(C)[C@H]4CC=C5[C@@H]6CC(C)(C)CC[C@]6(C(=O)O)CC[C@@]5(C)[C@]4(C)CC[C@H]3C2(C)C)[C@H](O[C@@H]2O[C@H](CO)[C@@H](O)[C@H](O)[C@H]2O)[C@@H](O[C@@H]2O[C@H](CO)[C@H](O)[C@H](O)[C@H]2O)[C@@H]1O. The van der Waals surface area contributed by atoms with Gasteiger partial charge in [-0.2, -0.15) is 0 Å². The molecule has 0 amide bonds. The molecule has 0 radical (unpaired) electrons. The fraction of sp³-hybridized carbons (Fsp3) is 0.923. The molecular formula is C52H84O19. The van der Waals surface area contributed by atoms with Gasteiger partial charge in [-0.3, -0.25) is 4.79 Å². The van der Waals surface area contributed by atoms with Gasteiger partial charge < -0.3 is 84.2 Å². The lowest BCUT2D eigenvalue weighted by molar-refractivity contribution is -0.396. The van der Waals surface area contributed by atoms with Gasteiger partial charge in [-0.1, -0.05) is 73.5 Å². The smallest absolute Gasteiger partial charge is 0.338 e. The Kier molecular flexibility index (Phi) is 15.8. The van der Waals surface area contributed by atoms with E-state index in [4.69, 9.17) is 33.2 Å². The molecule has 7 fully saturated rings. The fourth-order valence-corrected chi connectivity index (χ4v) is 15.5. The molecule has 0 aromatic heterocycles. The molecule has 0 spiro atoms. The van der Waals surface area contributed by atoms with Crippen LogP contribution >= 0.6 is 0 Å². The summed E-state index contributed by atoms with van der Waals surface area (Å²) in [7, 11) is 0. The molecular weight excluding hydrogens is 929 g/mol. The lowest BCUT2D eigenvalue weighted by Crippen LogP contribution is -2.69. The second-order valence-corrected chi connectivity index (χ2v) is 24.7. The number of allylic oxidation sites excluding steroid dienone is 2. The van der Waals surface area contributed by atoms with Crippen molar-refractivity contribution in [3.05, 3.63) is 11.6 Å². The Labute approximate surface area is 417 Å². The van der Waals surface area contributed by atoms with E-state index >= 15 is 0 Å². The summed E-state index contributed by atoms with van der Waals surface area (Å²) in [6.07, 6.45) is -16.1. The van der Waals surface area contributed by atoms with Gasteiger partial charge >= 0.3 is 11.9 Å². The maximum atomic E-state index is 13.9. The first-order valence-corrected chi connectivity index (χ1v) is 26.3. The van der Waals surface area contributed by atoms with Crippen LogP contribution in [0.1, 0.15) is 132 Å². The molecule has 19 nitrogen and oxygen atoms in total. The highest BCUT2D eigenvalue weighted by atomic mass is 16.8. The normalized spacial score (nSPS) is 50.3. The molecule has 71 heavy (non-hydrogen) atoms. The van der Waals surface area contributed by atoms with Crippen LogP contribution in [0.5, 0.6) is 0 Å². The number of fused-ring (bicyclic) bond motifs is 7. The number of carbonyl (C=O) groups excluding carboxylic acids is 1. The number of unbranched alkanes of at least 4 members (excludes halogenated alkanes) is 1. The van der Waals surface area contributed by atoms with Gasteiger partial charge in [0.05, 0.1) is 31.3 Å². The number of aliphatic hydroxyl groups is 9. The summed E-state index contributed by atoms with van der Waals surface area (Å²) < 4.78 is 43.0. The number of ether oxygens (including phenoxy) is 7. The Morgan fingerprint density at radius 3 is 1.83 bits per heavy atom. The first-order chi connectivity index (χ1) is 33.3. The van der Waals surface area contributed by atoms with E-state index in [1.54, 1.807) is 0 Å². The van der Waals surface area contributed by atoms with Gasteiger partial charge in [-0.05, 0) is 115 Å².